The number of nitro benzene ring substituents is 1. The Balaban J connectivity index is 1.87. The molecule has 0 unspecified atom stereocenters. The zero-order valence-electron chi connectivity index (χ0n) is 13.9. The van der Waals surface area contributed by atoms with Crippen molar-refractivity contribution in [2.24, 2.45) is 0 Å². The second kappa shape index (κ2) is 7.23. The van der Waals surface area contributed by atoms with Gasteiger partial charge in [0.15, 0.2) is 5.13 Å². The van der Waals surface area contributed by atoms with Crippen molar-refractivity contribution in [3.63, 3.8) is 0 Å². The maximum absolute atomic E-state index is 12.4. The van der Waals surface area contributed by atoms with Crippen molar-refractivity contribution in [2.75, 3.05) is 5.32 Å². The van der Waals surface area contributed by atoms with E-state index in [4.69, 9.17) is 11.6 Å². The Kier molecular flexibility index (Phi) is 5.01. The van der Waals surface area contributed by atoms with Crippen molar-refractivity contribution in [1.29, 1.82) is 0 Å². The van der Waals surface area contributed by atoms with Gasteiger partial charge in [0.05, 0.1) is 10.6 Å². The Labute approximate surface area is 158 Å². The maximum atomic E-state index is 12.4. The van der Waals surface area contributed by atoms with Gasteiger partial charge in [-0.1, -0.05) is 29.3 Å². The number of hydrogen-bond acceptors (Lipinski definition) is 5. The molecule has 0 saturated carbocycles. The number of nitro groups is 1. The molecule has 2 aromatic carbocycles. The Hall–Kier alpha value is -2.77. The van der Waals surface area contributed by atoms with Crippen LogP contribution in [0.25, 0.3) is 11.3 Å². The second-order valence-electron chi connectivity index (χ2n) is 5.73. The molecule has 8 heteroatoms. The van der Waals surface area contributed by atoms with Gasteiger partial charge in [0.1, 0.15) is 5.56 Å². The van der Waals surface area contributed by atoms with E-state index in [1.54, 1.807) is 0 Å². The molecule has 0 aliphatic carbocycles. The van der Waals surface area contributed by atoms with Gasteiger partial charge in [0, 0.05) is 22.0 Å². The molecule has 26 heavy (non-hydrogen) atoms. The zero-order valence-corrected chi connectivity index (χ0v) is 15.5. The average Bonchev–Trinajstić information content (AvgIpc) is 3.05. The molecular weight excluding hydrogens is 374 g/mol. The third-order valence-corrected chi connectivity index (χ3v) is 4.79. The van der Waals surface area contributed by atoms with Gasteiger partial charge in [-0.3, -0.25) is 20.2 Å². The van der Waals surface area contributed by atoms with E-state index in [0.717, 1.165) is 28.5 Å². The van der Waals surface area contributed by atoms with Crippen LogP contribution in [0.15, 0.2) is 41.8 Å². The third kappa shape index (κ3) is 3.74. The number of amides is 1. The van der Waals surface area contributed by atoms with Gasteiger partial charge in [0.25, 0.3) is 11.6 Å². The third-order valence-electron chi connectivity index (χ3n) is 3.79. The van der Waals surface area contributed by atoms with Gasteiger partial charge < -0.3 is 0 Å². The first kappa shape index (κ1) is 18.0. The minimum Gasteiger partial charge on any atom is -0.298 e. The van der Waals surface area contributed by atoms with Gasteiger partial charge in [-0.2, -0.15) is 0 Å². The van der Waals surface area contributed by atoms with Crippen molar-refractivity contribution in [3.05, 3.63) is 73.6 Å². The van der Waals surface area contributed by atoms with E-state index in [2.05, 4.69) is 10.3 Å². The first-order valence-electron chi connectivity index (χ1n) is 7.63. The summed E-state index contributed by atoms with van der Waals surface area (Å²) >= 11 is 7.04. The minimum atomic E-state index is -0.635. The van der Waals surface area contributed by atoms with E-state index in [-0.39, 0.29) is 16.3 Å². The Morgan fingerprint density at radius 3 is 2.73 bits per heavy atom. The smallest absolute Gasteiger partial charge is 0.283 e. The fraction of sp³-hybridized carbons (Fsp3) is 0.111. The highest BCUT2D eigenvalue weighted by Gasteiger charge is 2.21. The topological polar surface area (TPSA) is 85.1 Å². The normalized spacial score (nSPS) is 10.6. The van der Waals surface area contributed by atoms with E-state index in [0.29, 0.717) is 5.13 Å². The molecule has 0 radical (unpaired) electrons. The quantitative estimate of drug-likeness (QED) is 0.490. The predicted octanol–water partition coefficient (Wildman–Crippen LogP) is 5.24. The highest BCUT2D eigenvalue weighted by atomic mass is 35.5. The molecule has 0 bridgehead atoms. The molecule has 0 fully saturated rings. The van der Waals surface area contributed by atoms with Crippen LogP contribution in [0, 0.1) is 24.0 Å². The van der Waals surface area contributed by atoms with Crippen LogP contribution >= 0.6 is 22.9 Å². The first-order valence-corrected chi connectivity index (χ1v) is 8.89. The molecular formula is C18H14ClN3O3S. The molecule has 3 rings (SSSR count). The van der Waals surface area contributed by atoms with Crippen molar-refractivity contribution in [3.8, 4) is 11.3 Å². The maximum Gasteiger partial charge on any atom is 0.283 e. The molecule has 0 aliphatic rings. The van der Waals surface area contributed by atoms with Crippen LogP contribution < -0.4 is 5.32 Å². The number of rotatable bonds is 4. The summed E-state index contributed by atoms with van der Waals surface area (Å²) in [7, 11) is 0. The van der Waals surface area contributed by atoms with E-state index in [1.807, 2.05) is 37.4 Å². The predicted molar refractivity (Wildman–Crippen MR) is 103 cm³/mol. The van der Waals surface area contributed by atoms with Gasteiger partial charge in [-0.25, -0.2) is 4.98 Å². The monoisotopic (exact) mass is 387 g/mol. The summed E-state index contributed by atoms with van der Waals surface area (Å²) in [5, 5.41) is 16.2. The van der Waals surface area contributed by atoms with Gasteiger partial charge in [0.2, 0.25) is 0 Å². The number of benzene rings is 2. The van der Waals surface area contributed by atoms with Crippen LogP contribution in [-0.2, 0) is 0 Å². The van der Waals surface area contributed by atoms with Crippen LogP contribution in [0.3, 0.4) is 0 Å². The molecule has 0 spiro atoms. The number of aryl methyl sites for hydroxylation is 2. The second-order valence-corrected chi connectivity index (χ2v) is 7.02. The number of hydrogen-bond donors (Lipinski definition) is 1. The number of nitrogens with zero attached hydrogens (tertiary/aromatic N) is 2. The van der Waals surface area contributed by atoms with E-state index in [9.17, 15) is 14.9 Å². The molecule has 0 atom stereocenters. The van der Waals surface area contributed by atoms with E-state index >= 15 is 0 Å². The number of thiazole rings is 1. The number of halogens is 1. The molecule has 6 nitrogen and oxygen atoms in total. The lowest BCUT2D eigenvalue weighted by Crippen LogP contribution is -2.13. The minimum absolute atomic E-state index is 0.0668. The van der Waals surface area contributed by atoms with E-state index < -0.39 is 10.8 Å². The number of carbonyl (C=O) groups is 1. The molecule has 3 aromatic rings. The summed E-state index contributed by atoms with van der Waals surface area (Å²) in [6.45, 7) is 3.99. The lowest BCUT2D eigenvalue weighted by atomic mass is 10.0. The lowest BCUT2D eigenvalue weighted by Gasteiger charge is -2.05. The Morgan fingerprint density at radius 2 is 2.00 bits per heavy atom. The van der Waals surface area contributed by atoms with Gasteiger partial charge >= 0.3 is 0 Å². The molecule has 0 aliphatic heterocycles. The van der Waals surface area contributed by atoms with Crippen LogP contribution in [0.2, 0.25) is 5.02 Å². The molecule has 0 saturated heterocycles. The summed E-state index contributed by atoms with van der Waals surface area (Å²) in [6.07, 6.45) is 0. The SMILES string of the molecule is Cc1ccc(C)c(-c2csc(NC(=O)c3ccc(Cl)cc3[N+](=O)[O-])n2)c1. The lowest BCUT2D eigenvalue weighted by molar-refractivity contribution is -0.385. The summed E-state index contributed by atoms with van der Waals surface area (Å²) in [5.41, 5.74) is 3.51. The van der Waals surface area contributed by atoms with E-state index in [1.165, 1.54) is 23.5 Å². The Morgan fingerprint density at radius 1 is 1.23 bits per heavy atom. The van der Waals surface area contributed by atoms with Gasteiger partial charge in [-0.05, 0) is 37.6 Å². The molecule has 1 N–H and O–H groups in total. The summed E-state index contributed by atoms with van der Waals surface area (Å²) in [5.74, 6) is -0.602. The summed E-state index contributed by atoms with van der Waals surface area (Å²) in [4.78, 5) is 27.4. The van der Waals surface area contributed by atoms with Crippen molar-refractivity contribution in [1.82, 2.24) is 4.98 Å². The number of aromatic nitrogens is 1. The first-order chi connectivity index (χ1) is 12.3. The van der Waals surface area contributed by atoms with Crippen molar-refractivity contribution >= 4 is 39.7 Å². The zero-order chi connectivity index (χ0) is 18.8. The largest absolute Gasteiger partial charge is 0.298 e. The van der Waals surface area contributed by atoms with Crippen LogP contribution in [-0.4, -0.2) is 15.8 Å². The van der Waals surface area contributed by atoms with Crippen molar-refractivity contribution in [2.45, 2.75) is 13.8 Å². The number of nitrogens with one attached hydrogen (secondary N) is 1. The number of carbonyl (C=O) groups excluding carboxylic acids is 1. The fourth-order valence-corrected chi connectivity index (χ4v) is 3.35. The van der Waals surface area contributed by atoms with Crippen LogP contribution in [0.1, 0.15) is 21.5 Å². The van der Waals surface area contributed by atoms with Crippen LogP contribution in [0.5, 0.6) is 0 Å². The van der Waals surface area contributed by atoms with Crippen LogP contribution in [0.4, 0.5) is 10.8 Å². The summed E-state index contributed by atoms with van der Waals surface area (Å²) in [6, 6.07) is 9.98. The molecule has 132 valence electrons. The molecule has 1 amide bonds. The average molecular weight is 388 g/mol. The summed E-state index contributed by atoms with van der Waals surface area (Å²) < 4.78 is 0. The van der Waals surface area contributed by atoms with Gasteiger partial charge in [-0.15, -0.1) is 11.3 Å². The number of anilines is 1. The Bertz CT molecular complexity index is 1020. The van der Waals surface area contributed by atoms with Crippen molar-refractivity contribution < 1.29 is 9.72 Å². The standard InChI is InChI=1S/C18H14ClN3O3S/c1-10-3-4-11(2)14(7-10)15-9-26-18(20-15)21-17(23)13-6-5-12(19)8-16(13)22(24)25/h3-9H,1-2H3,(H,20,21,23). The molecule has 1 heterocycles. The highest BCUT2D eigenvalue weighted by molar-refractivity contribution is 7.14. The fourth-order valence-electron chi connectivity index (χ4n) is 2.48. The molecule has 1 aromatic heterocycles. The highest BCUT2D eigenvalue weighted by Crippen LogP contribution is 2.29.